The molecule has 8 heteroatoms. The molecule has 0 aliphatic carbocycles. The van der Waals surface area contributed by atoms with Crippen LogP contribution < -0.4 is 5.32 Å². The first kappa shape index (κ1) is 22.6. The molecular weight excluding hydrogens is 395 g/mol. The molecule has 2 rings (SSSR count). The lowest BCUT2D eigenvalue weighted by molar-refractivity contribution is -0.132. The van der Waals surface area contributed by atoms with Crippen LogP contribution in [0.1, 0.15) is 39.0 Å². The van der Waals surface area contributed by atoms with Gasteiger partial charge in [0.2, 0.25) is 11.8 Å². The zero-order valence-corrected chi connectivity index (χ0v) is 18.0. The van der Waals surface area contributed by atoms with Gasteiger partial charge in [-0.05, 0) is 65.0 Å². The highest BCUT2D eigenvalue weighted by atomic mass is 35.5. The molecular formula is C21H26ClFN4O2. The fraction of sp³-hybridized carbons (Fsp3) is 0.381. The molecule has 0 atom stereocenters. The molecule has 0 spiro atoms. The van der Waals surface area contributed by atoms with Crippen LogP contribution >= 0.6 is 11.6 Å². The maximum atomic E-state index is 13.1. The molecule has 1 N–H and O–H groups in total. The highest BCUT2D eigenvalue weighted by Crippen LogP contribution is 2.25. The smallest absolute Gasteiger partial charge is 0.247 e. The number of hydrogen-bond acceptors (Lipinski definition) is 3. The van der Waals surface area contributed by atoms with Crippen molar-refractivity contribution in [2.24, 2.45) is 0 Å². The highest BCUT2D eigenvalue weighted by Gasteiger charge is 2.19. The zero-order valence-electron chi connectivity index (χ0n) is 17.3. The second kappa shape index (κ2) is 9.22. The predicted octanol–water partition coefficient (Wildman–Crippen LogP) is 3.75. The number of likely N-dealkylation sites (N-methyl/N-ethyl adjacent to an activating group) is 1. The van der Waals surface area contributed by atoms with Crippen molar-refractivity contribution in [2.75, 3.05) is 13.1 Å². The van der Waals surface area contributed by atoms with Gasteiger partial charge in [0.15, 0.2) is 0 Å². The fourth-order valence-electron chi connectivity index (χ4n) is 2.69. The molecule has 2 amide bonds. The summed E-state index contributed by atoms with van der Waals surface area (Å²) >= 11 is 6.42. The average molecular weight is 421 g/mol. The number of carbonyl (C=O) groups is 2. The summed E-state index contributed by atoms with van der Waals surface area (Å²) in [5, 5.41) is 7.51. The Kier molecular flexibility index (Phi) is 7.19. The first-order valence-electron chi connectivity index (χ1n) is 9.31. The first-order valence-corrected chi connectivity index (χ1v) is 9.68. The summed E-state index contributed by atoms with van der Waals surface area (Å²) in [6, 6.07) is 5.78. The molecule has 1 aromatic carbocycles. The first-order chi connectivity index (χ1) is 13.5. The molecule has 0 saturated carbocycles. The Bertz CT molecular complexity index is 914. The Balaban J connectivity index is 2.16. The predicted molar refractivity (Wildman–Crippen MR) is 112 cm³/mol. The monoisotopic (exact) mass is 420 g/mol. The van der Waals surface area contributed by atoms with Gasteiger partial charge in [-0.2, -0.15) is 5.10 Å². The average Bonchev–Trinajstić information content (AvgIpc) is 2.91. The molecule has 0 bridgehead atoms. The van der Waals surface area contributed by atoms with Crippen LogP contribution in [-0.2, 0) is 9.59 Å². The molecule has 29 heavy (non-hydrogen) atoms. The zero-order chi connectivity index (χ0) is 21.8. The van der Waals surface area contributed by atoms with Crippen molar-refractivity contribution in [3.05, 3.63) is 52.6 Å². The number of carbonyl (C=O) groups excluding carboxylic acids is 2. The molecule has 1 heterocycles. The molecule has 0 fully saturated rings. The molecule has 6 nitrogen and oxygen atoms in total. The van der Waals surface area contributed by atoms with E-state index in [-0.39, 0.29) is 29.7 Å². The lowest BCUT2D eigenvalue weighted by Crippen LogP contribution is -2.47. The molecule has 0 aliphatic heterocycles. The van der Waals surface area contributed by atoms with Crippen LogP contribution in [0.25, 0.3) is 11.8 Å². The van der Waals surface area contributed by atoms with E-state index in [0.717, 1.165) is 0 Å². The summed E-state index contributed by atoms with van der Waals surface area (Å²) in [6.45, 7) is 9.58. The molecule has 1 aromatic heterocycles. The normalized spacial score (nSPS) is 11.7. The second-order valence-electron chi connectivity index (χ2n) is 7.66. The molecule has 0 radical (unpaired) electrons. The minimum absolute atomic E-state index is 0.0293. The van der Waals surface area contributed by atoms with Crippen LogP contribution in [0.4, 0.5) is 4.39 Å². The molecule has 0 saturated heterocycles. The van der Waals surface area contributed by atoms with Crippen molar-refractivity contribution >= 4 is 29.5 Å². The lowest BCUT2D eigenvalue weighted by atomic mass is 10.1. The Morgan fingerprint density at radius 3 is 2.45 bits per heavy atom. The number of benzene rings is 1. The summed E-state index contributed by atoms with van der Waals surface area (Å²) < 4.78 is 14.6. The number of nitrogens with zero attached hydrogens (tertiary/aromatic N) is 3. The summed E-state index contributed by atoms with van der Waals surface area (Å²) in [4.78, 5) is 26.1. The molecule has 156 valence electrons. The number of halogens is 2. The van der Waals surface area contributed by atoms with Crippen LogP contribution in [0.15, 0.2) is 30.3 Å². The van der Waals surface area contributed by atoms with Crippen LogP contribution in [-0.4, -0.2) is 45.1 Å². The van der Waals surface area contributed by atoms with Crippen LogP contribution in [0.2, 0.25) is 5.15 Å². The largest absolute Gasteiger partial charge is 0.350 e. The van der Waals surface area contributed by atoms with Crippen LogP contribution in [0.5, 0.6) is 0 Å². The Hall–Kier alpha value is -2.67. The van der Waals surface area contributed by atoms with Crippen LogP contribution in [0, 0.1) is 12.7 Å². The van der Waals surface area contributed by atoms with Gasteiger partial charge < -0.3 is 10.2 Å². The van der Waals surface area contributed by atoms with E-state index >= 15 is 0 Å². The molecule has 2 aromatic rings. The SMILES string of the molecule is CCN(CC(=O)NC(C)(C)C)C(=O)/C=C/c1c(C)nn(-c2ccc(F)cc2)c1Cl. The highest BCUT2D eigenvalue weighted by molar-refractivity contribution is 6.31. The topological polar surface area (TPSA) is 67.2 Å². The van der Waals surface area contributed by atoms with Crippen molar-refractivity contribution in [1.82, 2.24) is 20.0 Å². The third kappa shape index (κ3) is 6.15. The minimum Gasteiger partial charge on any atom is -0.350 e. The number of rotatable bonds is 6. The van der Waals surface area contributed by atoms with Gasteiger partial charge >= 0.3 is 0 Å². The van der Waals surface area contributed by atoms with Gasteiger partial charge in [-0.1, -0.05) is 11.6 Å². The van der Waals surface area contributed by atoms with Gasteiger partial charge in [0.1, 0.15) is 11.0 Å². The quantitative estimate of drug-likeness (QED) is 0.724. The van der Waals surface area contributed by atoms with E-state index in [0.29, 0.717) is 28.6 Å². The standard InChI is InChI=1S/C21H26ClFN4O2/c1-6-26(13-18(28)24-21(3,4)5)19(29)12-11-17-14(2)25-27(20(17)22)16-9-7-15(23)8-10-16/h7-12H,6,13H2,1-5H3,(H,24,28)/b12-11+. The van der Waals surface area contributed by atoms with E-state index in [1.54, 1.807) is 32.1 Å². The fourth-order valence-corrected chi connectivity index (χ4v) is 3.03. The van der Waals surface area contributed by atoms with E-state index in [1.165, 1.54) is 27.8 Å². The van der Waals surface area contributed by atoms with Crippen LogP contribution in [0.3, 0.4) is 0 Å². The number of aryl methyl sites for hydroxylation is 1. The Morgan fingerprint density at radius 1 is 1.28 bits per heavy atom. The minimum atomic E-state index is -0.366. The van der Waals surface area contributed by atoms with E-state index in [9.17, 15) is 14.0 Å². The third-order valence-electron chi connectivity index (χ3n) is 4.05. The summed E-state index contributed by atoms with van der Waals surface area (Å²) in [5.41, 5.74) is 1.45. The molecule has 0 unspecified atom stereocenters. The third-order valence-corrected chi connectivity index (χ3v) is 4.42. The number of hydrogen-bond donors (Lipinski definition) is 1. The van der Waals surface area contributed by atoms with Gasteiger partial charge in [0, 0.05) is 23.7 Å². The summed E-state index contributed by atoms with van der Waals surface area (Å²) in [7, 11) is 0. The lowest BCUT2D eigenvalue weighted by Gasteiger charge is -2.24. The van der Waals surface area contributed by atoms with E-state index in [4.69, 9.17) is 11.6 Å². The van der Waals surface area contributed by atoms with Crippen molar-refractivity contribution in [3.63, 3.8) is 0 Å². The summed E-state index contributed by atoms with van der Waals surface area (Å²) in [6.07, 6.45) is 2.95. The van der Waals surface area contributed by atoms with Gasteiger partial charge in [-0.3, -0.25) is 9.59 Å². The number of amides is 2. The van der Waals surface area contributed by atoms with Crippen molar-refractivity contribution in [1.29, 1.82) is 0 Å². The van der Waals surface area contributed by atoms with E-state index in [2.05, 4.69) is 10.4 Å². The Labute approximate surface area is 175 Å². The Morgan fingerprint density at radius 2 is 1.90 bits per heavy atom. The number of nitrogens with one attached hydrogen (secondary N) is 1. The van der Waals surface area contributed by atoms with Gasteiger partial charge in [0.05, 0.1) is 17.9 Å². The van der Waals surface area contributed by atoms with E-state index < -0.39 is 0 Å². The maximum absolute atomic E-state index is 13.1. The maximum Gasteiger partial charge on any atom is 0.247 e. The van der Waals surface area contributed by atoms with Crippen molar-refractivity contribution in [2.45, 2.75) is 40.2 Å². The molecule has 0 aliphatic rings. The van der Waals surface area contributed by atoms with E-state index in [1.807, 2.05) is 20.8 Å². The van der Waals surface area contributed by atoms with Crippen molar-refractivity contribution in [3.8, 4) is 5.69 Å². The van der Waals surface area contributed by atoms with Gasteiger partial charge in [-0.25, -0.2) is 9.07 Å². The van der Waals surface area contributed by atoms with Gasteiger partial charge in [-0.15, -0.1) is 0 Å². The summed E-state index contributed by atoms with van der Waals surface area (Å²) in [5.74, 6) is -0.879. The second-order valence-corrected chi connectivity index (χ2v) is 8.02. The van der Waals surface area contributed by atoms with Gasteiger partial charge in [0.25, 0.3) is 0 Å². The number of aromatic nitrogens is 2. The van der Waals surface area contributed by atoms with Crippen molar-refractivity contribution < 1.29 is 14.0 Å².